The molecule has 0 aromatic heterocycles. The molecular formula is C15H24N2. The topological polar surface area (TPSA) is 15.3 Å². The van der Waals surface area contributed by atoms with Crippen molar-refractivity contribution in [1.29, 1.82) is 0 Å². The number of hydrogen-bond donors (Lipinski definition) is 1. The first kappa shape index (κ1) is 13.8. The second kappa shape index (κ2) is 6.45. The Morgan fingerprint density at radius 2 is 2.06 bits per heavy atom. The molecule has 0 aliphatic heterocycles. The molecule has 1 aromatic carbocycles. The smallest absolute Gasteiger partial charge is 0.0414 e. The van der Waals surface area contributed by atoms with Crippen molar-refractivity contribution >= 4 is 5.69 Å². The molecule has 1 aromatic rings. The molecular weight excluding hydrogens is 208 g/mol. The van der Waals surface area contributed by atoms with Crippen molar-refractivity contribution in [3.05, 3.63) is 42.0 Å². The first-order valence-electron chi connectivity index (χ1n) is 6.24. The zero-order valence-electron chi connectivity index (χ0n) is 11.5. The molecule has 1 rings (SSSR count). The van der Waals surface area contributed by atoms with Gasteiger partial charge in [-0.15, -0.1) is 0 Å². The van der Waals surface area contributed by atoms with Crippen molar-refractivity contribution in [1.82, 2.24) is 5.32 Å². The summed E-state index contributed by atoms with van der Waals surface area (Å²) in [7, 11) is 2.12. The van der Waals surface area contributed by atoms with Gasteiger partial charge in [-0.05, 0) is 32.0 Å². The minimum atomic E-state index is 0.378. The van der Waals surface area contributed by atoms with Crippen LogP contribution >= 0.6 is 0 Å². The van der Waals surface area contributed by atoms with Crippen molar-refractivity contribution in [2.75, 3.05) is 25.0 Å². The number of hydrogen-bond acceptors (Lipinski definition) is 2. The molecule has 0 spiro atoms. The molecule has 1 atom stereocenters. The molecule has 0 saturated heterocycles. The van der Waals surface area contributed by atoms with E-state index >= 15 is 0 Å². The summed E-state index contributed by atoms with van der Waals surface area (Å²) in [6.45, 7) is 12.3. The maximum Gasteiger partial charge on any atom is 0.0414 e. The van der Waals surface area contributed by atoms with Crippen LogP contribution in [0.4, 0.5) is 5.69 Å². The van der Waals surface area contributed by atoms with E-state index in [0.29, 0.717) is 6.04 Å². The molecule has 0 aliphatic rings. The van der Waals surface area contributed by atoms with Crippen LogP contribution < -0.4 is 10.2 Å². The highest BCUT2D eigenvalue weighted by Crippen LogP contribution is 2.25. The molecule has 94 valence electrons. The van der Waals surface area contributed by atoms with Crippen LogP contribution in [0.25, 0.3) is 0 Å². The number of para-hydroxylation sites is 1. The van der Waals surface area contributed by atoms with E-state index in [2.05, 4.69) is 68.9 Å². The number of nitrogens with zero attached hydrogens (tertiary/aromatic N) is 1. The first-order chi connectivity index (χ1) is 8.06. The zero-order valence-corrected chi connectivity index (χ0v) is 11.5. The molecule has 0 heterocycles. The summed E-state index contributed by atoms with van der Waals surface area (Å²) in [4.78, 5) is 2.26. The summed E-state index contributed by atoms with van der Waals surface area (Å²) in [6, 6.07) is 8.93. The van der Waals surface area contributed by atoms with Gasteiger partial charge in [-0.2, -0.15) is 0 Å². The molecule has 2 nitrogen and oxygen atoms in total. The Morgan fingerprint density at radius 3 is 2.65 bits per heavy atom. The Balaban J connectivity index is 2.94. The normalized spacial score (nSPS) is 12.2. The van der Waals surface area contributed by atoms with E-state index in [4.69, 9.17) is 0 Å². The predicted molar refractivity (Wildman–Crippen MR) is 76.6 cm³/mol. The summed E-state index contributed by atoms with van der Waals surface area (Å²) < 4.78 is 0. The van der Waals surface area contributed by atoms with Crippen molar-refractivity contribution in [2.45, 2.75) is 26.8 Å². The van der Waals surface area contributed by atoms with Crippen molar-refractivity contribution in [3.63, 3.8) is 0 Å². The third-order valence-electron chi connectivity index (χ3n) is 2.83. The lowest BCUT2D eigenvalue weighted by molar-refractivity contribution is 0.597. The maximum atomic E-state index is 3.97. The quantitative estimate of drug-likeness (QED) is 0.757. The van der Waals surface area contributed by atoms with Gasteiger partial charge in [0.15, 0.2) is 0 Å². The van der Waals surface area contributed by atoms with Gasteiger partial charge in [0.25, 0.3) is 0 Å². The lowest BCUT2D eigenvalue weighted by atomic mass is 10.0. The summed E-state index contributed by atoms with van der Waals surface area (Å²) in [5, 5.41) is 3.46. The van der Waals surface area contributed by atoms with Crippen LogP contribution in [0.1, 0.15) is 32.4 Å². The lowest BCUT2D eigenvalue weighted by Crippen LogP contribution is -2.24. The molecule has 1 N–H and O–H groups in total. The maximum absolute atomic E-state index is 3.97. The van der Waals surface area contributed by atoms with Gasteiger partial charge in [0.1, 0.15) is 0 Å². The number of rotatable bonds is 6. The summed E-state index contributed by atoms with van der Waals surface area (Å²) in [5.74, 6) is 0. The van der Waals surface area contributed by atoms with Gasteiger partial charge < -0.3 is 10.2 Å². The first-order valence-corrected chi connectivity index (χ1v) is 6.24. The van der Waals surface area contributed by atoms with E-state index < -0.39 is 0 Å². The zero-order chi connectivity index (χ0) is 12.8. The van der Waals surface area contributed by atoms with E-state index in [9.17, 15) is 0 Å². The van der Waals surface area contributed by atoms with Crippen LogP contribution in [0.2, 0.25) is 0 Å². The van der Waals surface area contributed by atoms with Crippen LogP contribution in [-0.2, 0) is 0 Å². The van der Waals surface area contributed by atoms with Gasteiger partial charge in [0, 0.05) is 25.3 Å². The molecule has 0 radical (unpaired) electrons. The van der Waals surface area contributed by atoms with Crippen LogP contribution in [-0.4, -0.2) is 20.1 Å². The fourth-order valence-electron chi connectivity index (χ4n) is 2.11. The van der Waals surface area contributed by atoms with Gasteiger partial charge in [-0.1, -0.05) is 37.3 Å². The van der Waals surface area contributed by atoms with Gasteiger partial charge in [-0.3, -0.25) is 0 Å². The number of likely N-dealkylation sites (N-methyl/N-ethyl adjacent to an activating group) is 1. The minimum Gasteiger partial charge on any atom is -0.370 e. The van der Waals surface area contributed by atoms with Gasteiger partial charge in [-0.25, -0.2) is 0 Å². The number of benzene rings is 1. The second-order valence-electron chi connectivity index (χ2n) is 4.65. The number of anilines is 1. The molecule has 0 aliphatic carbocycles. The third kappa shape index (κ3) is 3.90. The summed E-state index contributed by atoms with van der Waals surface area (Å²) >= 11 is 0. The monoisotopic (exact) mass is 232 g/mol. The second-order valence-corrected chi connectivity index (χ2v) is 4.65. The van der Waals surface area contributed by atoms with E-state index in [1.54, 1.807) is 0 Å². The lowest BCUT2D eigenvalue weighted by Gasteiger charge is -2.25. The number of nitrogens with one attached hydrogen (secondary N) is 1. The van der Waals surface area contributed by atoms with Crippen LogP contribution in [0.5, 0.6) is 0 Å². The molecule has 0 bridgehead atoms. The average Bonchev–Trinajstić information content (AvgIpc) is 2.28. The Kier molecular flexibility index (Phi) is 5.23. The summed E-state index contributed by atoms with van der Waals surface area (Å²) in [5.41, 5.74) is 3.81. The van der Waals surface area contributed by atoms with Crippen molar-refractivity contribution in [3.8, 4) is 0 Å². The van der Waals surface area contributed by atoms with Crippen molar-refractivity contribution in [2.24, 2.45) is 0 Å². The molecule has 1 unspecified atom stereocenters. The highest BCUT2D eigenvalue weighted by molar-refractivity contribution is 5.55. The van der Waals surface area contributed by atoms with Gasteiger partial charge in [0.05, 0.1) is 0 Å². The molecule has 2 heteroatoms. The fourth-order valence-corrected chi connectivity index (χ4v) is 2.11. The van der Waals surface area contributed by atoms with E-state index in [1.165, 1.54) is 16.8 Å². The predicted octanol–water partition coefficient (Wildman–Crippen LogP) is 3.37. The molecule has 0 fully saturated rings. The minimum absolute atomic E-state index is 0.378. The van der Waals surface area contributed by atoms with Crippen molar-refractivity contribution < 1.29 is 0 Å². The van der Waals surface area contributed by atoms with Gasteiger partial charge >= 0.3 is 0 Å². The molecule has 17 heavy (non-hydrogen) atoms. The van der Waals surface area contributed by atoms with Gasteiger partial charge in [0.2, 0.25) is 0 Å². The van der Waals surface area contributed by atoms with E-state index in [0.717, 1.165) is 13.1 Å². The Hall–Kier alpha value is -1.28. The molecule has 0 amide bonds. The highest BCUT2D eigenvalue weighted by Gasteiger charge is 2.11. The Morgan fingerprint density at radius 1 is 1.41 bits per heavy atom. The Bertz CT molecular complexity index is 371. The largest absolute Gasteiger partial charge is 0.370 e. The van der Waals surface area contributed by atoms with Crippen LogP contribution in [0.15, 0.2) is 36.4 Å². The SMILES string of the molecule is C=C(C)CN(C)c1ccccc1C(C)NCC. The van der Waals surface area contributed by atoms with Crippen LogP contribution in [0, 0.1) is 0 Å². The summed E-state index contributed by atoms with van der Waals surface area (Å²) in [6.07, 6.45) is 0. The average molecular weight is 232 g/mol. The van der Waals surface area contributed by atoms with Crippen LogP contribution in [0.3, 0.4) is 0 Å². The standard InChI is InChI=1S/C15H24N2/c1-6-16-13(4)14-9-7-8-10-15(14)17(5)11-12(2)3/h7-10,13,16H,2,6,11H2,1,3-5H3. The highest BCUT2D eigenvalue weighted by atomic mass is 15.1. The molecule has 0 saturated carbocycles. The van der Waals surface area contributed by atoms with E-state index in [1.807, 2.05) is 0 Å². The Labute approximate surface area is 105 Å². The van der Waals surface area contributed by atoms with E-state index in [-0.39, 0.29) is 0 Å². The fraction of sp³-hybridized carbons (Fsp3) is 0.467. The third-order valence-corrected chi connectivity index (χ3v) is 2.83.